The molecule has 0 spiro atoms. The van der Waals surface area contributed by atoms with Crippen molar-refractivity contribution in [3.8, 4) is 0 Å². The lowest BCUT2D eigenvalue weighted by molar-refractivity contribution is -0.148. The van der Waals surface area contributed by atoms with Crippen LogP contribution < -0.4 is 0 Å². The molecule has 0 aromatic rings. The fraction of sp³-hybridized carbons (Fsp3) is 0.900. The summed E-state index contributed by atoms with van der Waals surface area (Å²) in [6.07, 6.45) is 0.634. The van der Waals surface area contributed by atoms with Gasteiger partial charge in [-0.2, -0.15) is 0 Å². The third-order valence-corrected chi connectivity index (χ3v) is 0.900. The van der Waals surface area contributed by atoms with Crippen LogP contribution in [-0.4, -0.2) is 11.2 Å². The molecule has 1 radical (unpaired) electrons. The monoisotopic (exact) mass is 173 g/mol. The van der Waals surface area contributed by atoms with Crippen LogP contribution >= 0.6 is 0 Å². The average Bonchev–Trinajstić information content (AvgIpc) is 1.49. The fourth-order valence-corrected chi connectivity index (χ4v) is 0.883. The Balaban J connectivity index is 3.83. The topological polar surface area (TPSA) is 18.5 Å². The standard InChI is InChI=1S/C10H21O2/c1-8(11-9(2,3)4)12-10(5,6)7/h1-7H3. The summed E-state index contributed by atoms with van der Waals surface area (Å²) in [5.74, 6) is 0. The molecular weight excluding hydrogens is 152 g/mol. The average molecular weight is 173 g/mol. The molecule has 0 aromatic carbocycles. The van der Waals surface area contributed by atoms with Crippen molar-refractivity contribution in [2.75, 3.05) is 0 Å². The van der Waals surface area contributed by atoms with E-state index in [1.807, 2.05) is 48.5 Å². The molecule has 0 aliphatic rings. The Morgan fingerprint density at radius 2 is 1.00 bits per heavy atom. The predicted molar refractivity (Wildman–Crippen MR) is 50.6 cm³/mol. The predicted octanol–water partition coefficient (Wildman–Crippen LogP) is 3.13. The van der Waals surface area contributed by atoms with Crippen LogP contribution in [0.1, 0.15) is 48.5 Å². The van der Waals surface area contributed by atoms with Crippen LogP contribution in [0.2, 0.25) is 0 Å². The Kier molecular flexibility index (Phi) is 3.73. The van der Waals surface area contributed by atoms with Crippen LogP contribution in [0.15, 0.2) is 0 Å². The maximum Gasteiger partial charge on any atom is 0.221 e. The molecule has 0 unspecified atom stereocenters. The van der Waals surface area contributed by atoms with Crippen LogP contribution in [0.4, 0.5) is 0 Å². The molecule has 0 rings (SSSR count). The summed E-state index contributed by atoms with van der Waals surface area (Å²) >= 11 is 0. The van der Waals surface area contributed by atoms with E-state index in [4.69, 9.17) is 9.47 Å². The minimum absolute atomic E-state index is 0.171. The van der Waals surface area contributed by atoms with E-state index >= 15 is 0 Å². The quantitative estimate of drug-likeness (QED) is 0.638. The smallest absolute Gasteiger partial charge is 0.221 e. The minimum Gasteiger partial charge on any atom is -0.340 e. The first kappa shape index (κ1) is 11.9. The lowest BCUT2D eigenvalue weighted by atomic mass is 10.2. The molecule has 0 aliphatic heterocycles. The first-order valence-electron chi connectivity index (χ1n) is 4.32. The highest BCUT2D eigenvalue weighted by atomic mass is 16.7. The maximum atomic E-state index is 5.51. The van der Waals surface area contributed by atoms with E-state index in [0.29, 0.717) is 6.29 Å². The van der Waals surface area contributed by atoms with Gasteiger partial charge in [-0.05, 0) is 48.5 Å². The van der Waals surface area contributed by atoms with Gasteiger partial charge in [-0.25, -0.2) is 0 Å². The first-order chi connectivity index (χ1) is 5.10. The van der Waals surface area contributed by atoms with E-state index in [1.165, 1.54) is 0 Å². The molecule has 0 bridgehead atoms. The van der Waals surface area contributed by atoms with Crippen molar-refractivity contribution in [3.05, 3.63) is 6.29 Å². The van der Waals surface area contributed by atoms with Crippen molar-refractivity contribution in [2.45, 2.75) is 59.7 Å². The molecule has 0 atom stereocenters. The highest BCUT2D eigenvalue weighted by molar-refractivity contribution is 4.71. The lowest BCUT2D eigenvalue weighted by Crippen LogP contribution is -2.28. The van der Waals surface area contributed by atoms with E-state index in [0.717, 1.165) is 0 Å². The van der Waals surface area contributed by atoms with Gasteiger partial charge < -0.3 is 9.47 Å². The highest BCUT2D eigenvalue weighted by Crippen LogP contribution is 2.21. The van der Waals surface area contributed by atoms with Gasteiger partial charge in [0.25, 0.3) is 0 Å². The van der Waals surface area contributed by atoms with Crippen LogP contribution in [0.5, 0.6) is 0 Å². The third kappa shape index (κ3) is 8.02. The Morgan fingerprint density at radius 3 is 1.17 bits per heavy atom. The molecule has 0 amide bonds. The minimum atomic E-state index is -0.171. The summed E-state index contributed by atoms with van der Waals surface area (Å²) in [5.41, 5.74) is -0.343. The zero-order valence-electron chi connectivity index (χ0n) is 9.32. The van der Waals surface area contributed by atoms with Gasteiger partial charge in [0, 0.05) is 0 Å². The molecule has 2 nitrogen and oxygen atoms in total. The van der Waals surface area contributed by atoms with E-state index in [9.17, 15) is 0 Å². The van der Waals surface area contributed by atoms with Gasteiger partial charge in [-0.15, -0.1) is 0 Å². The molecule has 0 aliphatic carbocycles. The summed E-state index contributed by atoms with van der Waals surface area (Å²) in [5, 5.41) is 0. The molecule has 2 heteroatoms. The van der Waals surface area contributed by atoms with Crippen molar-refractivity contribution >= 4 is 0 Å². The zero-order chi connectivity index (χ0) is 9.99. The largest absolute Gasteiger partial charge is 0.340 e. The van der Waals surface area contributed by atoms with Gasteiger partial charge >= 0.3 is 0 Å². The second kappa shape index (κ2) is 3.75. The van der Waals surface area contributed by atoms with Gasteiger partial charge in [0.2, 0.25) is 6.29 Å². The van der Waals surface area contributed by atoms with Crippen molar-refractivity contribution < 1.29 is 9.47 Å². The van der Waals surface area contributed by atoms with E-state index in [-0.39, 0.29) is 11.2 Å². The summed E-state index contributed by atoms with van der Waals surface area (Å²) in [6, 6.07) is 0. The normalized spacial score (nSPS) is 14.0. The first-order valence-corrected chi connectivity index (χ1v) is 4.32. The summed E-state index contributed by atoms with van der Waals surface area (Å²) in [6.45, 7) is 13.9. The van der Waals surface area contributed by atoms with Gasteiger partial charge in [-0.3, -0.25) is 0 Å². The number of ether oxygens (including phenoxy) is 2. The third-order valence-electron chi connectivity index (χ3n) is 0.900. The van der Waals surface area contributed by atoms with Crippen molar-refractivity contribution in [3.63, 3.8) is 0 Å². The van der Waals surface area contributed by atoms with Gasteiger partial charge in [0.05, 0.1) is 11.2 Å². The molecule has 0 aromatic heterocycles. The van der Waals surface area contributed by atoms with Crippen molar-refractivity contribution in [1.82, 2.24) is 0 Å². The van der Waals surface area contributed by atoms with E-state index in [1.54, 1.807) is 0 Å². The zero-order valence-corrected chi connectivity index (χ0v) is 9.32. The summed E-state index contributed by atoms with van der Waals surface area (Å²) in [4.78, 5) is 0. The molecule has 0 heterocycles. The lowest BCUT2D eigenvalue weighted by Gasteiger charge is -2.29. The Hall–Kier alpha value is -0.0800. The van der Waals surface area contributed by atoms with Crippen molar-refractivity contribution in [1.29, 1.82) is 0 Å². The highest BCUT2D eigenvalue weighted by Gasteiger charge is 2.21. The Bertz CT molecular complexity index is 112. The van der Waals surface area contributed by atoms with Crippen LogP contribution in [0.25, 0.3) is 0 Å². The van der Waals surface area contributed by atoms with Gasteiger partial charge in [0.15, 0.2) is 0 Å². The fourth-order valence-electron chi connectivity index (χ4n) is 0.883. The molecule has 0 saturated carbocycles. The SMILES string of the molecule is C[C](OC(C)(C)C)OC(C)(C)C. The second-order valence-corrected chi connectivity index (χ2v) is 4.92. The second-order valence-electron chi connectivity index (χ2n) is 4.92. The molecule has 12 heavy (non-hydrogen) atoms. The molecule has 73 valence electrons. The Labute approximate surface area is 76.3 Å². The number of rotatable bonds is 2. The van der Waals surface area contributed by atoms with Gasteiger partial charge in [0.1, 0.15) is 0 Å². The summed E-state index contributed by atoms with van der Waals surface area (Å²) in [7, 11) is 0. The molecular formula is C10H21O2. The molecule has 0 fully saturated rings. The van der Waals surface area contributed by atoms with Crippen LogP contribution in [0.3, 0.4) is 0 Å². The maximum absolute atomic E-state index is 5.51. The molecule has 0 N–H and O–H groups in total. The summed E-state index contributed by atoms with van der Waals surface area (Å²) < 4.78 is 11.0. The van der Waals surface area contributed by atoms with Crippen molar-refractivity contribution in [2.24, 2.45) is 0 Å². The van der Waals surface area contributed by atoms with E-state index in [2.05, 4.69) is 0 Å². The Morgan fingerprint density at radius 1 is 0.750 bits per heavy atom. The van der Waals surface area contributed by atoms with Crippen LogP contribution in [0, 0.1) is 6.29 Å². The molecule has 0 saturated heterocycles. The number of hydrogen-bond acceptors (Lipinski definition) is 2. The van der Waals surface area contributed by atoms with E-state index < -0.39 is 0 Å². The van der Waals surface area contributed by atoms with Crippen LogP contribution in [-0.2, 0) is 9.47 Å². The van der Waals surface area contributed by atoms with Gasteiger partial charge in [-0.1, -0.05) is 0 Å². The number of hydrogen-bond donors (Lipinski definition) is 0.